The molecular formula is C18H16ClNO4. The molecule has 1 aliphatic heterocycles. The van der Waals surface area contributed by atoms with E-state index in [1.807, 2.05) is 6.07 Å². The van der Waals surface area contributed by atoms with Crippen LogP contribution in [-0.4, -0.2) is 15.0 Å². The first-order chi connectivity index (χ1) is 11.5. The lowest BCUT2D eigenvalue weighted by molar-refractivity contribution is -0.570. The van der Waals surface area contributed by atoms with Crippen LogP contribution in [0, 0.1) is 10.1 Å². The van der Waals surface area contributed by atoms with Crippen molar-refractivity contribution < 1.29 is 14.8 Å². The van der Waals surface area contributed by atoms with Gasteiger partial charge in [0.2, 0.25) is 6.10 Å². The van der Waals surface area contributed by atoms with E-state index in [2.05, 4.69) is 6.58 Å². The van der Waals surface area contributed by atoms with Gasteiger partial charge in [-0.25, -0.2) is 0 Å². The largest absolute Gasteiger partial charge is 0.476 e. The highest BCUT2D eigenvalue weighted by atomic mass is 35.5. The van der Waals surface area contributed by atoms with E-state index in [4.69, 9.17) is 16.3 Å². The van der Waals surface area contributed by atoms with Crippen LogP contribution in [0.25, 0.3) is 0 Å². The summed E-state index contributed by atoms with van der Waals surface area (Å²) in [5, 5.41) is 22.4. The third-order valence-electron chi connectivity index (χ3n) is 4.15. The molecule has 5 nitrogen and oxygen atoms in total. The predicted molar refractivity (Wildman–Crippen MR) is 90.7 cm³/mol. The van der Waals surface area contributed by atoms with Crippen molar-refractivity contribution in [2.24, 2.45) is 0 Å². The van der Waals surface area contributed by atoms with Gasteiger partial charge in [0.1, 0.15) is 5.75 Å². The molecule has 124 valence electrons. The van der Waals surface area contributed by atoms with Gasteiger partial charge in [-0.1, -0.05) is 54.6 Å². The molecule has 0 unspecified atom stereocenters. The molecule has 0 saturated carbocycles. The van der Waals surface area contributed by atoms with E-state index < -0.39 is 22.1 Å². The Balaban J connectivity index is 2.20. The lowest BCUT2D eigenvalue weighted by Crippen LogP contribution is -2.49. The van der Waals surface area contributed by atoms with Gasteiger partial charge in [0.05, 0.1) is 4.92 Å². The van der Waals surface area contributed by atoms with E-state index in [0.29, 0.717) is 23.3 Å². The SMILES string of the molecule is C=CCc1cccc2c1O[C@H](c1ccccc1)[C@@](Cl)([N+](=O)[O-])[C@@H]2O. The Labute approximate surface area is 144 Å². The number of aliphatic hydroxyl groups is 1. The fourth-order valence-corrected chi connectivity index (χ4v) is 3.26. The van der Waals surface area contributed by atoms with Crippen molar-refractivity contribution in [2.45, 2.75) is 23.6 Å². The van der Waals surface area contributed by atoms with Crippen LogP contribution in [0.2, 0.25) is 0 Å². The second kappa shape index (κ2) is 6.26. The molecule has 6 heteroatoms. The van der Waals surface area contributed by atoms with E-state index >= 15 is 0 Å². The van der Waals surface area contributed by atoms with Crippen LogP contribution < -0.4 is 4.74 Å². The molecule has 0 aromatic heterocycles. The molecule has 24 heavy (non-hydrogen) atoms. The molecule has 0 amide bonds. The normalized spacial score (nSPS) is 25.4. The number of para-hydroxylation sites is 1. The standard InChI is InChI=1S/C18H16ClNO4/c1-2-7-12-10-6-11-14-15(12)24-17(13-8-4-3-5-9-13)18(19,16(14)21)20(22)23/h2-6,8-11,16-17,21H,1,7H2/t16-,17-,18+/m1/s1. The van der Waals surface area contributed by atoms with Crippen molar-refractivity contribution in [3.8, 4) is 5.75 Å². The van der Waals surface area contributed by atoms with Crippen LogP contribution >= 0.6 is 11.6 Å². The summed E-state index contributed by atoms with van der Waals surface area (Å²) in [5.74, 6) is 0.428. The van der Waals surface area contributed by atoms with E-state index in [-0.39, 0.29) is 0 Å². The lowest BCUT2D eigenvalue weighted by Gasteiger charge is -2.38. The highest BCUT2D eigenvalue weighted by molar-refractivity contribution is 6.23. The molecular weight excluding hydrogens is 330 g/mol. The number of ether oxygens (including phenoxy) is 1. The second-order valence-corrected chi connectivity index (χ2v) is 6.23. The van der Waals surface area contributed by atoms with Crippen LogP contribution in [0.5, 0.6) is 5.75 Å². The smallest absolute Gasteiger partial charge is 0.364 e. The predicted octanol–water partition coefficient (Wildman–Crippen LogP) is 3.79. The first-order valence-corrected chi connectivity index (χ1v) is 7.83. The topological polar surface area (TPSA) is 72.6 Å². The van der Waals surface area contributed by atoms with Crippen LogP contribution in [0.4, 0.5) is 0 Å². The summed E-state index contributed by atoms with van der Waals surface area (Å²) in [5.41, 5.74) is 1.64. The molecule has 1 heterocycles. The Morgan fingerprint density at radius 2 is 2.00 bits per heavy atom. The van der Waals surface area contributed by atoms with Crippen LogP contribution in [0.3, 0.4) is 0 Å². The number of aliphatic hydroxyl groups excluding tert-OH is 1. The quantitative estimate of drug-likeness (QED) is 0.301. The number of nitro groups is 1. The van der Waals surface area contributed by atoms with Crippen molar-refractivity contribution in [3.63, 3.8) is 0 Å². The molecule has 0 radical (unpaired) electrons. The third kappa shape index (κ3) is 2.46. The minimum Gasteiger partial charge on any atom is -0.476 e. The number of alkyl halides is 1. The van der Waals surface area contributed by atoms with E-state index in [9.17, 15) is 15.2 Å². The summed E-state index contributed by atoms with van der Waals surface area (Å²) in [6.45, 7) is 3.71. The maximum absolute atomic E-state index is 11.7. The minimum atomic E-state index is -2.21. The Morgan fingerprint density at radius 3 is 2.62 bits per heavy atom. The van der Waals surface area contributed by atoms with Gasteiger partial charge in [0, 0.05) is 11.1 Å². The molecule has 0 aliphatic carbocycles. The highest BCUT2D eigenvalue weighted by Gasteiger charge is 2.61. The van der Waals surface area contributed by atoms with Crippen molar-refractivity contribution >= 4 is 11.6 Å². The molecule has 2 aromatic rings. The van der Waals surface area contributed by atoms with Gasteiger partial charge in [-0.3, -0.25) is 10.1 Å². The zero-order valence-electron chi connectivity index (χ0n) is 12.8. The van der Waals surface area contributed by atoms with Gasteiger partial charge in [0.25, 0.3) is 0 Å². The summed E-state index contributed by atoms with van der Waals surface area (Å²) in [7, 11) is 0. The molecule has 0 saturated heterocycles. The van der Waals surface area contributed by atoms with E-state index in [1.54, 1.807) is 48.5 Å². The van der Waals surface area contributed by atoms with Crippen LogP contribution in [0.15, 0.2) is 61.2 Å². The van der Waals surface area contributed by atoms with Crippen molar-refractivity contribution in [1.82, 2.24) is 0 Å². The molecule has 1 aliphatic rings. The Hall–Kier alpha value is -2.37. The Morgan fingerprint density at radius 1 is 1.29 bits per heavy atom. The molecule has 3 rings (SSSR count). The van der Waals surface area contributed by atoms with E-state index in [0.717, 1.165) is 5.56 Å². The number of hydrogen-bond donors (Lipinski definition) is 1. The number of hydrogen-bond acceptors (Lipinski definition) is 4. The average Bonchev–Trinajstić information content (AvgIpc) is 2.59. The van der Waals surface area contributed by atoms with Crippen LogP contribution in [-0.2, 0) is 6.42 Å². The van der Waals surface area contributed by atoms with Gasteiger partial charge < -0.3 is 9.84 Å². The molecule has 0 fully saturated rings. The number of rotatable bonds is 4. The second-order valence-electron chi connectivity index (χ2n) is 5.62. The fourth-order valence-electron chi connectivity index (χ4n) is 2.97. The zero-order valence-corrected chi connectivity index (χ0v) is 13.5. The fraction of sp³-hybridized carbons (Fsp3) is 0.222. The summed E-state index contributed by atoms with van der Waals surface area (Å²) < 4.78 is 5.97. The lowest BCUT2D eigenvalue weighted by atomic mass is 9.88. The van der Waals surface area contributed by atoms with Gasteiger partial charge >= 0.3 is 5.00 Å². The first-order valence-electron chi connectivity index (χ1n) is 7.46. The van der Waals surface area contributed by atoms with Crippen LogP contribution in [0.1, 0.15) is 28.9 Å². The monoisotopic (exact) mass is 345 g/mol. The maximum atomic E-state index is 11.7. The average molecular weight is 346 g/mol. The molecule has 0 bridgehead atoms. The molecule has 1 N–H and O–H groups in total. The van der Waals surface area contributed by atoms with E-state index in [1.165, 1.54) is 0 Å². The number of fused-ring (bicyclic) bond motifs is 1. The number of halogens is 1. The molecule has 2 aromatic carbocycles. The summed E-state index contributed by atoms with van der Waals surface area (Å²) >= 11 is 6.32. The van der Waals surface area contributed by atoms with Crippen molar-refractivity contribution in [2.75, 3.05) is 0 Å². The number of nitrogens with zero attached hydrogens (tertiary/aromatic N) is 1. The summed E-state index contributed by atoms with van der Waals surface area (Å²) in [6, 6.07) is 13.8. The molecule has 3 atom stereocenters. The highest BCUT2D eigenvalue weighted by Crippen LogP contribution is 2.52. The number of benzene rings is 2. The van der Waals surface area contributed by atoms with Gasteiger partial charge in [0.15, 0.2) is 6.10 Å². The molecule has 0 spiro atoms. The van der Waals surface area contributed by atoms with Crippen molar-refractivity contribution in [3.05, 3.63) is 88.0 Å². The summed E-state index contributed by atoms with van der Waals surface area (Å²) in [4.78, 5) is 8.82. The zero-order chi connectivity index (χ0) is 17.3. The Kier molecular flexibility index (Phi) is 4.30. The third-order valence-corrected chi connectivity index (χ3v) is 4.70. The first kappa shape index (κ1) is 16.5. The summed E-state index contributed by atoms with van der Waals surface area (Å²) in [6.07, 6.45) is -0.402. The minimum absolute atomic E-state index is 0.313. The Bertz CT molecular complexity index is 780. The van der Waals surface area contributed by atoms with Gasteiger partial charge in [-0.2, -0.15) is 0 Å². The van der Waals surface area contributed by atoms with Crippen molar-refractivity contribution in [1.29, 1.82) is 0 Å². The maximum Gasteiger partial charge on any atom is 0.364 e. The van der Waals surface area contributed by atoms with Gasteiger partial charge in [-0.15, -0.1) is 6.58 Å². The van der Waals surface area contributed by atoms with Gasteiger partial charge in [-0.05, 0) is 23.6 Å². The number of allylic oxidation sites excluding steroid dienone is 1.